The molecular formula is C18H23NO2S. The fourth-order valence-corrected chi connectivity index (χ4v) is 3.13. The van der Waals surface area contributed by atoms with E-state index in [0.29, 0.717) is 6.61 Å². The Kier molecular flexibility index (Phi) is 5.75. The molecular weight excluding hydrogens is 294 g/mol. The van der Waals surface area contributed by atoms with Crippen molar-refractivity contribution in [1.29, 1.82) is 0 Å². The summed E-state index contributed by atoms with van der Waals surface area (Å²) in [6.45, 7) is 8.69. The summed E-state index contributed by atoms with van der Waals surface area (Å²) in [5.74, 6) is -0.00663. The molecule has 0 bridgehead atoms. The number of hydrogen-bond donors (Lipinski definition) is 1. The van der Waals surface area contributed by atoms with Gasteiger partial charge in [-0.3, -0.25) is 4.79 Å². The quantitative estimate of drug-likeness (QED) is 0.842. The van der Waals surface area contributed by atoms with Crippen LogP contribution in [0.2, 0.25) is 0 Å². The van der Waals surface area contributed by atoms with Gasteiger partial charge in [0.1, 0.15) is 0 Å². The van der Waals surface area contributed by atoms with Gasteiger partial charge in [-0.05, 0) is 51.0 Å². The standard InChI is InChI=1S/C18H23NO2S/c1-5-21-13(4)14-6-8-15(9-7-14)16-10-11-17(22-16)18(20)19-12(2)3/h6-13H,5H2,1-4H3,(H,19,20). The van der Waals surface area contributed by atoms with Crippen LogP contribution in [0.3, 0.4) is 0 Å². The molecule has 1 atom stereocenters. The molecule has 0 radical (unpaired) electrons. The average Bonchev–Trinajstić information content (AvgIpc) is 2.97. The lowest BCUT2D eigenvalue weighted by atomic mass is 10.1. The molecule has 4 heteroatoms. The van der Waals surface area contributed by atoms with E-state index < -0.39 is 0 Å². The maximum absolute atomic E-state index is 12.0. The summed E-state index contributed by atoms with van der Waals surface area (Å²) < 4.78 is 5.60. The van der Waals surface area contributed by atoms with E-state index in [9.17, 15) is 4.79 Å². The highest BCUT2D eigenvalue weighted by molar-refractivity contribution is 7.17. The van der Waals surface area contributed by atoms with Gasteiger partial charge >= 0.3 is 0 Å². The zero-order valence-electron chi connectivity index (χ0n) is 13.6. The van der Waals surface area contributed by atoms with Crippen LogP contribution in [0.1, 0.15) is 49.0 Å². The summed E-state index contributed by atoms with van der Waals surface area (Å²) in [7, 11) is 0. The van der Waals surface area contributed by atoms with E-state index in [1.165, 1.54) is 16.9 Å². The van der Waals surface area contributed by atoms with Gasteiger partial charge < -0.3 is 10.1 Å². The molecule has 0 aliphatic carbocycles. The number of hydrogen-bond acceptors (Lipinski definition) is 3. The molecule has 1 unspecified atom stereocenters. The Morgan fingerprint density at radius 1 is 1.14 bits per heavy atom. The first-order valence-corrected chi connectivity index (χ1v) is 8.45. The van der Waals surface area contributed by atoms with Gasteiger partial charge in [0.25, 0.3) is 5.91 Å². The van der Waals surface area contributed by atoms with E-state index in [2.05, 4.69) is 36.5 Å². The number of benzene rings is 1. The van der Waals surface area contributed by atoms with Crippen LogP contribution in [0.15, 0.2) is 36.4 Å². The lowest BCUT2D eigenvalue weighted by molar-refractivity contribution is 0.0764. The van der Waals surface area contributed by atoms with E-state index in [4.69, 9.17) is 4.74 Å². The van der Waals surface area contributed by atoms with Crippen molar-refractivity contribution in [3.05, 3.63) is 46.8 Å². The van der Waals surface area contributed by atoms with Crippen LogP contribution in [0.25, 0.3) is 10.4 Å². The third-order valence-corrected chi connectivity index (χ3v) is 4.46. The van der Waals surface area contributed by atoms with Crippen LogP contribution in [0.4, 0.5) is 0 Å². The minimum absolute atomic E-state index is 0.00663. The molecule has 1 aromatic heterocycles. The van der Waals surface area contributed by atoms with E-state index in [1.807, 2.05) is 32.9 Å². The Bertz CT molecular complexity index is 616. The molecule has 2 aromatic rings. The lowest BCUT2D eigenvalue weighted by Crippen LogP contribution is -2.29. The van der Waals surface area contributed by atoms with Crippen molar-refractivity contribution in [1.82, 2.24) is 5.32 Å². The predicted octanol–water partition coefficient (Wildman–Crippen LogP) is 4.65. The van der Waals surface area contributed by atoms with Crippen molar-refractivity contribution in [3.63, 3.8) is 0 Å². The van der Waals surface area contributed by atoms with Crippen molar-refractivity contribution >= 4 is 17.2 Å². The smallest absolute Gasteiger partial charge is 0.261 e. The largest absolute Gasteiger partial charge is 0.374 e. The van der Waals surface area contributed by atoms with Gasteiger partial charge in [-0.25, -0.2) is 0 Å². The van der Waals surface area contributed by atoms with Gasteiger partial charge in [0.05, 0.1) is 11.0 Å². The number of nitrogens with one attached hydrogen (secondary N) is 1. The van der Waals surface area contributed by atoms with Crippen molar-refractivity contribution in [2.75, 3.05) is 6.61 Å². The molecule has 0 aliphatic rings. The highest BCUT2D eigenvalue weighted by Crippen LogP contribution is 2.29. The molecule has 2 rings (SSSR count). The molecule has 1 N–H and O–H groups in total. The molecule has 1 amide bonds. The van der Waals surface area contributed by atoms with Gasteiger partial charge in [-0.15, -0.1) is 11.3 Å². The average molecular weight is 317 g/mol. The number of carbonyl (C=O) groups excluding carboxylic acids is 1. The zero-order chi connectivity index (χ0) is 16.1. The van der Waals surface area contributed by atoms with Crippen LogP contribution in [0, 0.1) is 0 Å². The van der Waals surface area contributed by atoms with Gasteiger partial charge in [0, 0.05) is 17.5 Å². The fourth-order valence-electron chi connectivity index (χ4n) is 2.21. The fraction of sp³-hybridized carbons (Fsp3) is 0.389. The second-order valence-electron chi connectivity index (χ2n) is 5.51. The SMILES string of the molecule is CCOC(C)c1ccc(-c2ccc(C(=O)NC(C)C)s2)cc1. The molecule has 0 saturated carbocycles. The van der Waals surface area contributed by atoms with Crippen molar-refractivity contribution < 1.29 is 9.53 Å². The highest BCUT2D eigenvalue weighted by atomic mass is 32.1. The highest BCUT2D eigenvalue weighted by Gasteiger charge is 2.11. The summed E-state index contributed by atoms with van der Waals surface area (Å²) >= 11 is 1.52. The lowest BCUT2D eigenvalue weighted by Gasteiger charge is -2.12. The minimum atomic E-state index is -0.00663. The van der Waals surface area contributed by atoms with Gasteiger partial charge in [0.15, 0.2) is 0 Å². The van der Waals surface area contributed by atoms with Crippen LogP contribution in [0.5, 0.6) is 0 Å². The second-order valence-corrected chi connectivity index (χ2v) is 6.60. The van der Waals surface area contributed by atoms with Crippen LogP contribution < -0.4 is 5.32 Å². The third-order valence-electron chi connectivity index (χ3n) is 3.33. The molecule has 0 aliphatic heterocycles. The zero-order valence-corrected chi connectivity index (χ0v) is 14.4. The maximum Gasteiger partial charge on any atom is 0.261 e. The Morgan fingerprint density at radius 3 is 2.41 bits per heavy atom. The van der Waals surface area contributed by atoms with Crippen molar-refractivity contribution in [2.24, 2.45) is 0 Å². The van der Waals surface area contributed by atoms with Gasteiger partial charge in [-0.2, -0.15) is 0 Å². The van der Waals surface area contributed by atoms with E-state index in [0.717, 1.165) is 15.3 Å². The Morgan fingerprint density at radius 2 is 1.82 bits per heavy atom. The Balaban J connectivity index is 2.12. The van der Waals surface area contributed by atoms with Gasteiger partial charge in [0.2, 0.25) is 0 Å². The molecule has 1 heterocycles. The first kappa shape index (κ1) is 16.7. The predicted molar refractivity (Wildman–Crippen MR) is 92.4 cm³/mol. The molecule has 0 saturated heterocycles. The van der Waals surface area contributed by atoms with Crippen LogP contribution in [-0.2, 0) is 4.74 Å². The number of carbonyl (C=O) groups is 1. The first-order chi connectivity index (χ1) is 10.5. The summed E-state index contributed by atoms with van der Waals surface area (Å²) in [6, 6.07) is 12.4. The normalized spacial score (nSPS) is 12.4. The monoisotopic (exact) mass is 317 g/mol. The first-order valence-electron chi connectivity index (χ1n) is 7.64. The molecule has 22 heavy (non-hydrogen) atoms. The van der Waals surface area contributed by atoms with E-state index >= 15 is 0 Å². The van der Waals surface area contributed by atoms with Crippen molar-refractivity contribution in [3.8, 4) is 10.4 Å². The molecule has 3 nitrogen and oxygen atoms in total. The molecule has 118 valence electrons. The Hall–Kier alpha value is -1.65. The molecule has 1 aromatic carbocycles. The van der Waals surface area contributed by atoms with Crippen LogP contribution >= 0.6 is 11.3 Å². The number of amides is 1. The van der Waals surface area contributed by atoms with E-state index in [1.54, 1.807) is 0 Å². The Labute approximate surface area is 136 Å². The van der Waals surface area contributed by atoms with Crippen LogP contribution in [-0.4, -0.2) is 18.6 Å². The second kappa shape index (κ2) is 7.56. The minimum Gasteiger partial charge on any atom is -0.374 e. The van der Waals surface area contributed by atoms with E-state index in [-0.39, 0.29) is 18.1 Å². The topological polar surface area (TPSA) is 38.3 Å². The summed E-state index contributed by atoms with van der Waals surface area (Å²) in [5, 5.41) is 2.92. The number of thiophene rings is 1. The molecule has 0 spiro atoms. The van der Waals surface area contributed by atoms with Crippen molar-refractivity contribution in [2.45, 2.75) is 39.8 Å². The molecule has 0 fully saturated rings. The number of ether oxygens (including phenoxy) is 1. The summed E-state index contributed by atoms with van der Waals surface area (Å²) in [4.78, 5) is 13.8. The third kappa shape index (κ3) is 4.18. The van der Waals surface area contributed by atoms with Gasteiger partial charge in [-0.1, -0.05) is 24.3 Å². The summed E-state index contributed by atoms with van der Waals surface area (Å²) in [6.07, 6.45) is 0.106. The summed E-state index contributed by atoms with van der Waals surface area (Å²) in [5.41, 5.74) is 2.29. The maximum atomic E-state index is 12.0. The number of rotatable bonds is 6.